The van der Waals surface area contributed by atoms with Crippen LogP contribution in [-0.4, -0.2) is 39.3 Å². The molecule has 1 aliphatic heterocycles. The van der Waals surface area contributed by atoms with Gasteiger partial charge in [-0.3, -0.25) is 4.90 Å². The first-order chi connectivity index (χ1) is 11.6. The molecule has 2 heterocycles. The molecule has 0 spiro atoms. The lowest BCUT2D eigenvalue weighted by Crippen LogP contribution is -2.34. The summed E-state index contributed by atoms with van der Waals surface area (Å²) in [7, 11) is 0. The number of piperidine rings is 1. The maximum atomic E-state index is 9.27. The highest BCUT2D eigenvalue weighted by Crippen LogP contribution is 2.28. The molecule has 0 radical (unpaired) electrons. The Morgan fingerprint density at radius 1 is 1.29 bits per heavy atom. The molecule has 1 atom stereocenters. The van der Waals surface area contributed by atoms with Crippen molar-refractivity contribution < 1.29 is 5.11 Å². The van der Waals surface area contributed by atoms with Crippen molar-refractivity contribution in [3.8, 4) is 11.4 Å². The van der Waals surface area contributed by atoms with Crippen molar-refractivity contribution in [3.05, 3.63) is 41.2 Å². The fraction of sp³-hybridized carbons (Fsp3) is 0.550. The summed E-state index contributed by atoms with van der Waals surface area (Å²) in [4.78, 5) is 7.13. The van der Waals surface area contributed by atoms with Gasteiger partial charge in [0.1, 0.15) is 5.82 Å². The fourth-order valence-electron chi connectivity index (χ4n) is 3.84. The Labute approximate surface area is 145 Å². The summed E-state index contributed by atoms with van der Waals surface area (Å²) in [5.41, 5.74) is 5.17. The van der Waals surface area contributed by atoms with Crippen LogP contribution < -0.4 is 0 Å². The molecule has 1 saturated heterocycles. The second kappa shape index (κ2) is 7.49. The fourth-order valence-corrected chi connectivity index (χ4v) is 3.84. The summed E-state index contributed by atoms with van der Waals surface area (Å²) in [6.07, 6.45) is 6.42. The molecule has 24 heavy (non-hydrogen) atoms. The van der Waals surface area contributed by atoms with Gasteiger partial charge in [-0.1, -0.05) is 18.6 Å². The van der Waals surface area contributed by atoms with Crippen molar-refractivity contribution in [1.82, 2.24) is 14.5 Å². The number of imidazole rings is 1. The molecule has 0 unspecified atom stereocenters. The van der Waals surface area contributed by atoms with Gasteiger partial charge in [0.15, 0.2) is 0 Å². The largest absolute Gasteiger partial charge is 0.395 e. The third kappa shape index (κ3) is 3.70. The molecular weight excluding hydrogens is 298 g/mol. The molecule has 4 nitrogen and oxygen atoms in total. The van der Waals surface area contributed by atoms with Crippen LogP contribution in [0.15, 0.2) is 24.5 Å². The molecule has 1 N–H and O–H groups in total. The maximum absolute atomic E-state index is 9.27. The first-order valence-electron chi connectivity index (χ1n) is 9.03. The van der Waals surface area contributed by atoms with Crippen LogP contribution in [0, 0.1) is 19.8 Å². The van der Waals surface area contributed by atoms with Gasteiger partial charge in [-0.05, 0) is 56.3 Å². The maximum Gasteiger partial charge on any atom is 0.140 e. The van der Waals surface area contributed by atoms with Gasteiger partial charge in [0, 0.05) is 37.6 Å². The highest BCUT2D eigenvalue weighted by atomic mass is 16.3. The zero-order valence-electron chi connectivity index (χ0n) is 15.1. The molecular formula is C20H29N3O. The van der Waals surface area contributed by atoms with Crippen LogP contribution in [-0.2, 0) is 13.1 Å². The van der Waals surface area contributed by atoms with E-state index in [1.807, 2.05) is 17.0 Å². The predicted molar refractivity (Wildman–Crippen MR) is 97.9 cm³/mol. The van der Waals surface area contributed by atoms with Crippen molar-refractivity contribution in [1.29, 1.82) is 0 Å². The number of aromatic nitrogens is 2. The first-order valence-corrected chi connectivity index (χ1v) is 9.03. The minimum absolute atomic E-state index is 0.132. The van der Waals surface area contributed by atoms with Crippen LogP contribution in [0.4, 0.5) is 0 Å². The normalized spacial score (nSPS) is 18.9. The number of aliphatic hydroxyl groups is 1. The third-order valence-corrected chi connectivity index (χ3v) is 5.09. The first kappa shape index (κ1) is 17.2. The second-order valence-corrected chi connectivity index (χ2v) is 7.25. The van der Waals surface area contributed by atoms with E-state index in [-0.39, 0.29) is 6.61 Å². The lowest BCUT2D eigenvalue weighted by atomic mass is 9.96. The minimum atomic E-state index is 0.132. The van der Waals surface area contributed by atoms with Crippen LogP contribution in [0.1, 0.15) is 36.5 Å². The average molecular weight is 327 g/mol. The number of aryl methyl sites for hydroxylation is 1. The Morgan fingerprint density at radius 3 is 2.88 bits per heavy atom. The molecule has 4 heteroatoms. The van der Waals surface area contributed by atoms with Crippen LogP contribution in [0.3, 0.4) is 0 Å². The molecule has 0 aliphatic carbocycles. The van der Waals surface area contributed by atoms with E-state index in [0.717, 1.165) is 18.3 Å². The van der Waals surface area contributed by atoms with E-state index in [4.69, 9.17) is 0 Å². The number of benzene rings is 1. The topological polar surface area (TPSA) is 41.3 Å². The minimum Gasteiger partial charge on any atom is -0.395 e. The smallest absolute Gasteiger partial charge is 0.140 e. The summed E-state index contributed by atoms with van der Waals surface area (Å²) in [6.45, 7) is 10.8. The third-order valence-electron chi connectivity index (χ3n) is 5.09. The summed E-state index contributed by atoms with van der Waals surface area (Å²) in [5.74, 6) is 1.75. The number of likely N-dealkylation sites (tertiary alicyclic amines) is 1. The summed E-state index contributed by atoms with van der Waals surface area (Å²) in [5, 5.41) is 9.27. The van der Waals surface area contributed by atoms with Gasteiger partial charge in [0.25, 0.3) is 0 Å². The summed E-state index contributed by atoms with van der Waals surface area (Å²) in [6, 6.07) is 4.53. The molecule has 3 rings (SSSR count). The Balaban J connectivity index is 1.91. The molecule has 0 amide bonds. The van der Waals surface area contributed by atoms with Gasteiger partial charge >= 0.3 is 0 Å². The van der Waals surface area contributed by atoms with Crippen molar-refractivity contribution in [3.63, 3.8) is 0 Å². The number of nitrogens with zero attached hydrogens (tertiary/aromatic N) is 3. The number of rotatable bonds is 5. The highest BCUT2D eigenvalue weighted by Gasteiger charge is 2.19. The van der Waals surface area contributed by atoms with E-state index >= 15 is 0 Å². The molecule has 1 aliphatic rings. The van der Waals surface area contributed by atoms with Crippen molar-refractivity contribution in [2.24, 2.45) is 5.92 Å². The van der Waals surface area contributed by atoms with Gasteiger partial charge in [-0.25, -0.2) is 4.98 Å². The van der Waals surface area contributed by atoms with Gasteiger partial charge < -0.3 is 9.67 Å². The Hall–Kier alpha value is -1.65. The van der Waals surface area contributed by atoms with Gasteiger partial charge in [-0.2, -0.15) is 0 Å². The van der Waals surface area contributed by atoms with Crippen LogP contribution >= 0.6 is 0 Å². The molecule has 2 aromatic rings. The Morgan fingerprint density at radius 2 is 2.12 bits per heavy atom. The quantitative estimate of drug-likeness (QED) is 0.915. The molecule has 1 aromatic carbocycles. The Kier molecular flexibility index (Phi) is 5.36. The van der Waals surface area contributed by atoms with E-state index in [2.05, 4.69) is 42.8 Å². The zero-order valence-corrected chi connectivity index (χ0v) is 15.1. The van der Waals surface area contributed by atoms with Crippen LogP contribution in [0.25, 0.3) is 11.4 Å². The van der Waals surface area contributed by atoms with E-state index in [1.165, 1.54) is 48.2 Å². The van der Waals surface area contributed by atoms with Crippen LogP contribution in [0.2, 0.25) is 0 Å². The van der Waals surface area contributed by atoms with E-state index in [1.54, 1.807) is 0 Å². The van der Waals surface area contributed by atoms with E-state index < -0.39 is 0 Å². The van der Waals surface area contributed by atoms with Crippen LogP contribution in [0.5, 0.6) is 0 Å². The highest BCUT2D eigenvalue weighted by molar-refractivity contribution is 5.64. The van der Waals surface area contributed by atoms with E-state index in [0.29, 0.717) is 6.54 Å². The summed E-state index contributed by atoms with van der Waals surface area (Å²) >= 11 is 0. The standard InChI is InChI=1S/C20H29N3O/c1-15-5-4-7-22(13-15)14-18-11-16(2)12-19(17(18)3)20-21-6-8-23(20)9-10-24/h6,8,11-12,15,24H,4-5,7,9-10,13-14H2,1-3H3/t15-/m1/s1. The van der Waals surface area contributed by atoms with Crippen molar-refractivity contribution in [2.45, 2.75) is 46.7 Å². The number of aliphatic hydroxyl groups excluding tert-OH is 1. The molecule has 1 aromatic heterocycles. The predicted octanol–water partition coefficient (Wildman–Crippen LogP) is 3.39. The monoisotopic (exact) mass is 327 g/mol. The second-order valence-electron chi connectivity index (χ2n) is 7.25. The average Bonchev–Trinajstić information content (AvgIpc) is 2.99. The summed E-state index contributed by atoms with van der Waals surface area (Å²) < 4.78 is 2.04. The number of hydrogen-bond donors (Lipinski definition) is 1. The molecule has 0 bridgehead atoms. The van der Waals surface area contributed by atoms with Gasteiger partial charge in [0.2, 0.25) is 0 Å². The lowest BCUT2D eigenvalue weighted by molar-refractivity contribution is 0.176. The van der Waals surface area contributed by atoms with Gasteiger partial charge in [0.05, 0.1) is 6.61 Å². The SMILES string of the molecule is Cc1cc(CN2CCC[C@@H](C)C2)c(C)c(-c2nccn2CCO)c1. The van der Waals surface area contributed by atoms with E-state index in [9.17, 15) is 5.11 Å². The number of hydrogen-bond acceptors (Lipinski definition) is 3. The molecule has 0 saturated carbocycles. The lowest BCUT2D eigenvalue weighted by Gasteiger charge is -2.31. The van der Waals surface area contributed by atoms with Crippen molar-refractivity contribution >= 4 is 0 Å². The zero-order chi connectivity index (χ0) is 17.1. The Bertz CT molecular complexity index is 692. The van der Waals surface area contributed by atoms with Gasteiger partial charge in [-0.15, -0.1) is 0 Å². The molecule has 1 fully saturated rings. The van der Waals surface area contributed by atoms with Crippen molar-refractivity contribution in [2.75, 3.05) is 19.7 Å². The molecule has 130 valence electrons.